The molecule has 132 valence electrons. The molecule has 1 fully saturated rings. The fraction of sp³-hybridized carbons (Fsp3) is 0.364. The van der Waals surface area contributed by atoms with Gasteiger partial charge in [-0.05, 0) is 43.0 Å². The van der Waals surface area contributed by atoms with Gasteiger partial charge in [-0.3, -0.25) is 4.90 Å². The highest BCUT2D eigenvalue weighted by molar-refractivity contribution is 5.50. The topological polar surface area (TPSA) is 43.7 Å². The quantitative estimate of drug-likeness (QED) is 0.872. The molecular formula is C22H27NO2. The molecular weight excluding hydrogens is 310 g/mol. The third-order valence-corrected chi connectivity index (χ3v) is 5.01. The first-order valence-corrected chi connectivity index (χ1v) is 8.98. The molecule has 0 aromatic heterocycles. The molecule has 0 amide bonds. The lowest BCUT2D eigenvalue weighted by Gasteiger charge is -2.38. The van der Waals surface area contributed by atoms with Crippen LogP contribution >= 0.6 is 0 Å². The van der Waals surface area contributed by atoms with Crippen molar-refractivity contribution in [3.05, 3.63) is 71.3 Å². The van der Waals surface area contributed by atoms with Crippen LogP contribution in [0.4, 0.5) is 0 Å². The summed E-state index contributed by atoms with van der Waals surface area (Å²) in [6.07, 6.45) is 6.59. The Morgan fingerprint density at radius 1 is 1.00 bits per heavy atom. The predicted octanol–water partition coefficient (Wildman–Crippen LogP) is 3.78. The predicted molar refractivity (Wildman–Crippen MR) is 103 cm³/mol. The van der Waals surface area contributed by atoms with Crippen molar-refractivity contribution >= 4 is 6.08 Å². The van der Waals surface area contributed by atoms with Crippen molar-refractivity contribution in [2.75, 3.05) is 19.6 Å². The van der Waals surface area contributed by atoms with Gasteiger partial charge in [0.1, 0.15) is 5.75 Å². The van der Waals surface area contributed by atoms with Crippen LogP contribution in [0.15, 0.2) is 54.6 Å². The molecule has 1 heterocycles. The number of aryl methyl sites for hydroxylation is 1. The zero-order chi connectivity index (χ0) is 17.7. The molecule has 0 aliphatic carbocycles. The Balaban J connectivity index is 1.47. The molecule has 0 unspecified atom stereocenters. The van der Waals surface area contributed by atoms with Crippen molar-refractivity contribution < 1.29 is 10.2 Å². The number of phenols is 1. The number of hydrogen-bond donors (Lipinski definition) is 2. The van der Waals surface area contributed by atoms with Gasteiger partial charge in [0.05, 0.1) is 5.60 Å². The molecule has 25 heavy (non-hydrogen) atoms. The minimum atomic E-state index is -0.577. The van der Waals surface area contributed by atoms with Gasteiger partial charge in [-0.25, -0.2) is 0 Å². The van der Waals surface area contributed by atoms with E-state index in [2.05, 4.69) is 48.2 Å². The van der Waals surface area contributed by atoms with E-state index in [1.165, 1.54) is 11.1 Å². The van der Waals surface area contributed by atoms with E-state index >= 15 is 0 Å². The molecule has 2 N–H and O–H groups in total. The van der Waals surface area contributed by atoms with E-state index in [4.69, 9.17) is 0 Å². The highest BCUT2D eigenvalue weighted by atomic mass is 16.3. The summed E-state index contributed by atoms with van der Waals surface area (Å²) in [7, 11) is 0. The van der Waals surface area contributed by atoms with E-state index in [1.54, 1.807) is 12.1 Å². The number of aromatic hydroxyl groups is 1. The second-order valence-electron chi connectivity index (χ2n) is 7.18. The summed E-state index contributed by atoms with van der Waals surface area (Å²) in [5.74, 6) is 0.293. The third kappa shape index (κ3) is 5.18. The summed E-state index contributed by atoms with van der Waals surface area (Å²) in [5, 5.41) is 20.2. The normalized spacial score (nSPS) is 17.8. The highest BCUT2D eigenvalue weighted by Crippen LogP contribution is 2.26. The minimum absolute atomic E-state index is 0.293. The molecule has 1 aliphatic heterocycles. The van der Waals surface area contributed by atoms with Crippen LogP contribution in [0.3, 0.4) is 0 Å². The molecule has 1 saturated heterocycles. The average molecular weight is 337 g/mol. The first kappa shape index (κ1) is 17.7. The Kier molecular flexibility index (Phi) is 5.57. The summed E-state index contributed by atoms with van der Waals surface area (Å²) >= 11 is 0. The maximum absolute atomic E-state index is 10.9. The highest BCUT2D eigenvalue weighted by Gasteiger charge is 2.31. The molecule has 3 nitrogen and oxygen atoms in total. The molecule has 3 rings (SSSR count). The van der Waals surface area contributed by atoms with Crippen molar-refractivity contribution in [1.29, 1.82) is 0 Å². The summed E-state index contributed by atoms with van der Waals surface area (Å²) in [6.45, 7) is 4.81. The summed E-state index contributed by atoms with van der Waals surface area (Å²) < 4.78 is 0. The van der Waals surface area contributed by atoms with Crippen LogP contribution in [0.5, 0.6) is 5.75 Å². The lowest BCUT2D eigenvalue weighted by atomic mass is 9.85. The molecule has 2 aromatic carbocycles. The van der Waals surface area contributed by atoms with E-state index in [-0.39, 0.29) is 0 Å². The minimum Gasteiger partial charge on any atom is -0.508 e. The van der Waals surface area contributed by atoms with Gasteiger partial charge < -0.3 is 10.2 Å². The van der Waals surface area contributed by atoms with Crippen molar-refractivity contribution in [2.24, 2.45) is 0 Å². The van der Waals surface area contributed by atoms with Gasteiger partial charge >= 0.3 is 0 Å². The number of piperidine rings is 1. The molecule has 2 aromatic rings. The summed E-state index contributed by atoms with van der Waals surface area (Å²) in [4.78, 5) is 2.38. The number of phenolic OH excluding ortho intramolecular Hbond substituents is 1. The number of aliphatic hydroxyl groups is 1. The van der Waals surface area contributed by atoms with E-state index < -0.39 is 5.60 Å². The summed E-state index contributed by atoms with van der Waals surface area (Å²) in [5.41, 5.74) is 2.98. The Hall–Kier alpha value is -2.10. The molecule has 0 atom stereocenters. The van der Waals surface area contributed by atoms with Crippen LogP contribution in [0.1, 0.15) is 29.5 Å². The van der Waals surface area contributed by atoms with Crippen LogP contribution in [-0.4, -0.2) is 40.3 Å². The lowest BCUT2D eigenvalue weighted by Crippen LogP contribution is -2.45. The van der Waals surface area contributed by atoms with Gasteiger partial charge in [0.15, 0.2) is 0 Å². The fourth-order valence-electron chi connectivity index (χ4n) is 3.34. The molecule has 0 saturated carbocycles. The smallest absolute Gasteiger partial charge is 0.115 e. The van der Waals surface area contributed by atoms with Crippen LogP contribution in [-0.2, 0) is 6.42 Å². The molecule has 0 spiro atoms. The molecule has 0 radical (unpaired) electrons. The number of benzene rings is 2. The Morgan fingerprint density at radius 2 is 1.64 bits per heavy atom. The van der Waals surface area contributed by atoms with E-state index in [9.17, 15) is 10.2 Å². The Morgan fingerprint density at radius 3 is 2.28 bits per heavy atom. The molecule has 0 bridgehead atoms. The van der Waals surface area contributed by atoms with Crippen LogP contribution < -0.4 is 0 Å². The van der Waals surface area contributed by atoms with E-state index in [0.29, 0.717) is 5.75 Å². The van der Waals surface area contributed by atoms with Crippen LogP contribution in [0, 0.1) is 6.92 Å². The maximum atomic E-state index is 10.9. The summed E-state index contributed by atoms with van der Waals surface area (Å²) in [6, 6.07) is 15.7. The second-order valence-corrected chi connectivity index (χ2v) is 7.18. The third-order valence-electron chi connectivity index (χ3n) is 5.01. The average Bonchev–Trinajstić information content (AvgIpc) is 2.61. The zero-order valence-electron chi connectivity index (χ0n) is 14.9. The van der Waals surface area contributed by atoms with Gasteiger partial charge in [-0.1, -0.05) is 54.1 Å². The largest absolute Gasteiger partial charge is 0.508 e. The first-order valence-electron chi connectivity index (χ1n) is 8.98. The molecule has 1 aliphatic rings. The Labute approximate surface area is 150 Å². The zero-order valence-corrected chi connectivity index (χ0v) is 14.9. The van der Waals surface area contributed by atoms with Gasteiger partial charge in [0, 0.05) is 26.1 Å². The number of rotatable bonds is 5. The van der Waals surface area contributed by atoms with Crippen molar-refractivity contribution in [3.8, 4) is 5.75 Å². The SMILES string of the molecule is Cc1ccc(CC2(O)CCN(CC=Cc3ccc(O)cc3)CC2)cc1. The van der Waals surface area contributed by atoms with E-state index in [1.807, 2.05) is 12.1 Å². The standard InChI is InChI=1S/C22H27NO2/c1-18-4-6-20(7-5-18)17-22(25)12-15-23(16-13-22)14-2-3-19-8-10-21(24)11-9-19/h2-11,24-25H,12-17H2,1H3. The molecule has 3 heteroatoms. The fourth-order valence-corrected chi connectivity index (χ4v) is 3.34. The first-order chi connectivity index (χ1) is 12.0. The monoisotopic (exact) mass is 337 g/mol. The van der Waals surface area contributed by atoms with Crippen molar-refractivity contribution in [3.63, 3.8) is 0 Å². The number of nitrogens with zero attached hydrogens (tertiary/aromatic N) is 1. The van der Waals surface area contributed by atoms with E-state index in [0.717, 1.165) is 44.5 Å². The van der Waals surface area contributed by atoms with Gasteiger partial charge in [0.25, 0.3) is 0 Å². The number of hydrogen-bond acceptors (Lipinski definition) is 3. The van der Waals surface area contributed by atoms with Gasteiger partial charge in [0.2, 0.25) is 0 Å². The Bertz CT molecular complexity index is 696. The maximum Gasteiger partial charge on any atom is 0.115 e. The lowest BCUT2D eigenvalue weighted by molar-refractivity contribution is -0.0180. The van der Waals surface area contributed by atoms with Crippen molar-refractivity contribution in [1.82, 2.24) is 4.90 Å². The van der Waals surface area contributed by atoms with Gasteiger partial charge in [-0.2, -0.15) is 0 Å². The number of likely N-dealkylation sites (tertiary alicyclic amines) is 1. The van der Waals surface area contributed by atoms with Crippen LogP contribution in [0.25, 0.3) is 6.08 Å². The van der Waals surface area contributed by atoms with Crippen LogP contribution in [0.2, 0.25) is 0 Å². The van der Waals surface area contributed by atoms with Gasteiger partial charge in [-0.15, -0.1) is 0 Å². The second kappa shape index (κ2) is 7.85. The van der Waals surface area contributed by atoms with Crippen molar-refractivity contribution in [2.45, 2.75) is 31.8 Å².